The third-order valence-corrected chi connectivity index (χ3v) is 6.84. The van der Waals surface area contributed by atoms with Gasteiger partial charge in [-0.15, -0.1) is 21.5 Å². The summed E-state index contributed by atoms with van der Waals surface area (Å²) in [4.78, 5) is 4.75. The molecule has 0 saturated carbocycles. The fourth-order valence-electron chi connectivity index (χ4n) is 3.09. The first-order chi connectivity index (χ1) is 14.6. The van der Waals surface area contributed by atoms with Gasteiger partial charge in [-0.2, -0.15) is 0 Å². The minimum absolute atomic E-state index is 0.446. The molecule has 0 saturated heterocycles. The molecule has 0 spiro atoms. The standard InChI is InChI=1S/C23H24N4OS2/c1-15(2)22-24-17(13-29-22)14-30-23-26-25-21(19-7-5-6-8-20(19)28-4)27(23)18-11-9-16(3)10-12-18/h5-13,15H,14H2,1-4H3. The zero-order chi connectivity index (χ0) is 21.1. The summed E-state index contributed by atoms with van der Waals surface area (Å²) in [6.07, 6.45) is 0. The van der Waals surface area contributed by atoms with Crippen molar-refractivity contribution < 1.29 is 4.74 Å². The second-order valence-electron chi connectivity index (χ2n) is 7.30. The van der Waals surface area contributed by atoms with E-state index in [0.717, 1.165) is 39.4 Å². The maximum absolute atomic E-state index is 5.58. The number of nitrogens with zero attached hydrogens (tertiary/aromatic N) is 4. The topological polar surface area (TPSA) is 52.8 Å². The van der Waals surface area contributed by atoms with Crippen LogP contribution in [0.2, 0.25) is 0 Å². The van der Waals surface area contributed by atoms with E-state index in [1.54, 1.807) is 30.2 Å². The lowest BCUT2D eigenvalue weighted by atomic mass is 10.1. The highest BCUT2D eigenvalue weighted by Gasteiger charge is 2.19. The van der Waals surface area contributed by atoms with Crippen LogP contribution in [-0.4, -0.2) is 26.9 Å². The zero-order valence-electron chi connectivity index (χ0n) is 17.5. The first-order valence-corrected chi connectivity index (χ1v) is 11.7. The molecule has 0 aliphatic rings. The summed E-state index contributed by atoms with van der Waals surface area (Å²) in [6.45, 7) is 6.42. The lowest BCUT2D eigenvalue weighted by Gasteiger charge is -2.12. The molecule has 0 amide bonds. The fraction of sp³-hybridized carbons (Fsp3) is 0.261. The molecule has 0 radical (unpaired) electrons. The Balaban J connectivity index is 1.73. The SMILES string of the molecule is COc1ccccc1-c1nnc(SCc2csc(C(C)C)n2)n1-c1ccc(C)cc1. The number of aryl methyl sites for hydroxylation is 1. The van der Waals surface area contributed by atoms with Crippen molar-refractivity contribution in [3.05, 3.63) is 70.2 Å². The van der Waals surface area contributed by atoms with Gasteiger partial charge >= 0.3 is 0 Å². The summed E-state index contributed by atoms with van der Waals surface area (Å²) in [5.41, 5.74) is 4.22. The Hall–Kier alpha value is -2.64. The largest absolute Gasteiger partial charge is 0.496 e. The molecule has 4 aromatic rings. The van der Waals surface area contributed by atoms with E-state index < -0.39 is 0 Å². The molecule has 0 aliphatic heterocycles. The van der Waals surface area contributed by atoms with Crippen molar-refractivity contribution in [1.82, 2.24) is 19.7 Å². The van der Waals surface area contributed by atoms with E-state index in [2.05, 4.69) is 65.2 Å². The number of para-hydroxylation sites is 1. The van der Waals surface area contributed by atoms with Gasteiger partial charge in [0.25, 0.3) is 0 Å². The molecular formula is C23H24N4OS2. The van der Waals surface area contributed by atoms with E-state index in [-0.39, 0.29) is 0 Å². The molecule has 0 atom stereocenters. The van der Waals surface area contributed by atoms with Gasteiger partial charge in [0.1, 0.15) is 5.75 Å². The Morgan fingerprint density at radius 3 is 2.53 bits per heavy atom. The number of thiazole rings is 1. The normalized spacial score (nSPS) is 11.2. The third kappa shape index (κ3) is 4.27. The fourth-order valence-corrected chi connectivity index (χ4v) is 4.87. The Bertz CT molecular complexity index is 1130. The van der Waals surface area contributed by atoms with Crippen molar-refractivity contribution in [3.8, 4) is 22.8 Å². The van der Waals surface area contributed by atoms with E-state index in [4.69, 9.17) is 9.72 Å². The number of ether oxygens (including phenoxy) is 1. The maximum atomic E-state index is 5.58. The number of hydrogen-bond donors (Lipinski definition) is 0. The lowest BCUT2D eigenvalue weighted by Crippen LogP contribution is -2.01. The molecule has 0 aliphatic carbocycles. The number of thioether (sulfide) groups is 1. The second-order valence-corrected chi connectivity index (χ2v) is 9.13. The van der Waals surface area contributed by atoms with Crippen molar-refractivity contribution in [2.45, 2.75) is 37.6 Å². The van der Waals surface area contributed by atoms with Gasteiger partial charge in [-0.3, -0.25) is 4.57 Å². The molecule has 2 heterocycles. The molecule has 30 heavy (non-hydrogen) atoms. The van der Waals surface area contributed by atoms with Crippen molar-refractivity contribution in [2.24, 2.45) is 0 Å². The van der Waals surface area contributed by atoms with Gasteiger partial charge in [0.15, 0.2) is 11.0 Å². The lowest BCUT2D eigenvalue weighted by molar-refractivity contribution is 0.416. The molecule has 5 nitrogen and oxygen atoms in total. The van der Waals surface area contributed by atoms with Crippen LogP contribution in [0.5, 0.6) is 5.75 Å². The molecule has 154 valence electrons. The minimum Gasteiger partial charge on any atom is -0.496 e. The summed E-state index contributed by atoms with van der Waals surface area (Å²) in [5, 5.41) is 13.2. The monoisotopic (exact) mass is 436 g/mol. The van der Waals surface area contributed by atoms with Crippen molar-refractivity contribution >= 4 is 23.1 Å². The Morgan fingerprint density at radius 2 is 1.83 bits per heavy atom. The van der Waals surface area contributed by atoms with Gasteiger partial charge < -0.3 is 4.74 Å². The number of aromatic nitrogens is 4. The predicted octanol–water partition coefficient (Wildman–Crippen LogP) is 6.12. The molecule has 2 aromatic carbocycles. The van der Waals surface area contributed by atoms with E-state index in [1.165, 1.54) is 10.6 Å². The molecule has 0 bridgehead atoms. The molecule has 0 fully saturated rings. The molecule has 7 heteroatoms. The number of hydrogen-bond acceptors (Lipinski definition) is 6. The highest BCUT2D eigenvalue weighted by molar-refractivity contribution is 7.98. The van der Waals surface area contributed by atoms with E-state index >= 15 is 0 Å². The second kappa shape index (κ2) is 9.02. The smallest absolute Gasteiger partial charge is 0.196 e. The van der Waals surface area contributed by atoms with Crippen molar-refractivity contribution in [1.29, 1.82) is 0 Å². The molecular weight excluding hydrogens is 412 g/mol. The van der Waals surface area contributed by atoms with Crippen LogP contribution in [-0.2, 0) is 5.75 Å². The van der Waals surface area contributed by atoms with Crippen LogP contribution >= 0.6 is 23.1 Å². The van der Waals surface area contributed by atoms with Gasteiger partial charge in [-0.05, 0) is 31.2 Å². The summed E-state index contributed by atoms with van der Waals surface area (Å²) in [6, 6.07) is 16.3. The third-order valence-electron chi connectivity index (χ3n) is 4.69. The van der Waals surface area contributed by atoms with Crippen LogP contribution in [0, 0.1) is 6.92 Å². The van der Waals surface area contributed by atoms with Crippen LogP contribution in [0.1, 0.15) is 36.0 Å². The quantitative estimate of drug-likeness (QED) is 0.327. The van der Waals surface area contributed by atoms with Crippen LogP contribution in [0.3, 0.4) is 0 Å². The Kier molecular flexibility index (Phi) is 6.20. The predicted molar refractivity (Wildman–Crippen MR) is 124 cm³/mol. The number of methoxy groups -OCH3 is 1. The van der Waals surface area contributed by atoms with E-state index in [9.17, 15) is 0 Å². The first-order valence-electron chi connectivity index (χ1n) is 9.79. The average Bonchev–Trinajstić information content (AvgIpc) is 3.40. The van der Waals surface area contributed by atoms with E-state index in [1.807, 2.05) is 24.3 Å². The highest BCUT2D eigenvalue weighted by atomic mass is 32.2. The summed E-state index contributed by atoms with van der Waals surface area (Å²) < 4.78 is 7.67. The van der Waals surface area contributed by atoms with Crippen LogP contribution in [0.4, 0.5) is 0 Å². The molecule has 2 aromatic heterocycles. The number of rotatable bonds is 7. The van der Waals surface area contributed by atoms with Gasteiger partial charge in [-0.25, -0.2) is 4.98 Å². The van der Waals surface area contributed by atoms with Crippen LogP contribution < -0.4 is 4.74 Å². The average molecular weight is 437 g/mol. The van der Waals surface area contributed by atoms with Crippen LogP contribution in [0.25, 0.3) is 17.1 Å². The van der Waals surface area contributed by atoms with Gasteiger partial charge in [-0.1, -0.05) is 55.4 Å². The van der Waals surface area contributed by atoms with Gasteiger partial charge in [0, 0.05) is 22.7 Å². The Labute approximate surface area is 185 Å². The zero-order valence-corrected chi connectivity index (χ0v) is 19.1. The molecule has 4 rings (SSSR count). The van der Waals surface area contributed by atoms with Gasteiger partial charge in [0.2, 0.25) is 0 Å². The van der Waals surface area contributed by atoms with Crippen molar-refractivity contribution in [3.63, 3.8) is 0 Å². The summed E-state index contributed by atoms with van der Waals surface area (Å²) in [5.74, 6) is 2.73. The van der Waals surface area contributed by atoms with Crippen molar-refractivity contribution in [2.75, 3.05) is 7.11 Å². The van der Waals surface area contributed by atoms with Gasteiger partial charge in [0.05, 0.1) is 23.4 Å². The first kappa shape index (κ1) is 20.6. The number of benzene rings is 2. The summed E-state index contributed by atoms with van der Waals surface area (Å²) >= 11 is 3.36. The minimum atomic E-state index is 0.446. The van der Waals surface area contributed by atoms with E-state index in [0.29, 0.717) is 5.92 Å². The van der Waals surface area contributed by atoms with Crippen LogP contribution in [0.15, 0.2) is 59.1 Å². The molecule has 0 N–H and O–H groups in total. The molecule has 0 unspecified atom stereocenters. The Morgan fingerprint density at radius 1 is 1.07 bits per heavy atom. The summed E-state index contributed by atoms with van der Waals surface area (Å²) in [7, 11) is 1.68. The highest BCUT2D eigenvalue weighted by Crippen LogP contribution is 2.34. The maximum Gasteiger partial charge on any atom is 0.196 e.